The molecule has 1 saturated carbocycles. The number of nitrogens with zero attached hydrogens (tertiary/aromatic N) is 5. The highest BCUT2D eigenvalue weighted by atomic mass is 35.5. The van der Waals surface area contributed by atoms with E-state index >= 15 is 0 Å². The van der Waals surface area contributed by atoms with Gasteiger partial charge < -0.3 is 10.2 Å². The van der Waals surface area contributed by atoms with Crippen molar-refractivity contribution < 1.29 is 0 Å². The van der Waals surface area contributed by atoms with Gasteiger partial charge in [0.25, 0.3) is 0 Å². The summed E-state index contributed by atoms with van der Waals surface area (Å²) in [6.45, 7) is 7.99. The van der Waals surface area contributed by atoms with Gasteiger partial charge in [-0.05, 0) is 43.5 Å². The average Bonchev–Trinajstić information content (AvgIpc) is 3.28. The predicted molar refractivity (Wildman–Crippen MR) is 98.3 cm³/mol. The Morgan fingerprint density at radius 1 is 1.12 bits per heavy atom. The van der Waals surface area contributed by atoms with Gasteiger partial charge in [-0.15, -0.1) is 10.2 Å². The van der Waals surface area contributed by atoms with Crippen molar-refractivity contribution in [1.82, 2.24) is 25.0 Å². The average molecular weight is 359 g/mol. The van der Waals surface area contributed by atoms with Crippen molar-refractivity contribution >= 4 is 17.5 Å². The van der Waals surface area contributed by atoms with Crippen LogP contribution in [0.1, 0.15) is 31.2 Å². The zero-order chi connectivity index (χ0) is 17.0. The van der Waals surface area contributed by atoms with Crippen LogP contribution in [0.3, 0.4) is 0 Å². The summed E-state index contributed by atoms with van der Waals surface area (Å²) >= 11 is 6.32. The number of nitrogens with one attached hydrogen (secondary N) is 1. The number of benzene rings is 1. The van der Waals surface area contributed by atoms with Gasteiger partial charge in [0.15, 0.2) is 5.82 Å². The van der Waals surface area contributed by atoms with Crippen molar-refractivity contribution in [2.75, 3.05) is 31.1 Å². The molecule has 2 aromatic rings. The van der Waals surface area contributed by atoms with Gasteiger partial charge in [0.05, 0.1) is 12.2 Å². The Bertz CT molecular complexity index is 806. The van der Waals surface area contributed by atoms with Crippen molar-refractivity contribution in [3.05, 3.63) is 34.6 Å². The van der Waals surface area contributed by atoms with Gasteiger partial charge in [0.2, 0.25) is 5.95 Å². The van der Waals surface area contributed by atoms with E-state index in [1.165, 1.54) is 24.1 Å². The summed E-state index contributed by atoms with van der Waals surface area (Å²) in [4.78, 5) is 4.87. The summed E-state index contributed by atoms with van der Waals surface area (Å²) in [6, 6.07) is 6.20. The Labute approximate surface area is 152 Å². The summed E-state index contributed by atoms with van der Waals surface area (Å²) < 4.78 is 2.25. The van der Waals surface area contributed by atoms with Crippen molar-refractivity contribution in [2.45, 2.75) is 38.4 Å². The van der Waals surface area contributed by atoms with Crippen LogP contribution in [0.2, 0.25) is 5.02 Å². The highest BCUT2D eigenvalue weighted by molar-refractivity contribution is 6.30. The van der Waals surface area contributed by atoms with Crippen LogP contribution in [0.4, 0.5) is 5.95 Å². The fourth-order valence-corrected chi connectivity index (χ4v) is 4.13. The molecule has 0 amide bonds. The number of aromatic nitrogens is 3. The molecule has 0 atom stereocenters. The Morgan fingerprint density at radius 3 is 2.68 bits per heavy atom. The van der Waals surface area contributed by atoms with E-state index in [4.69, 9.17) is 11.6 Å². The van der Waals surface area contributed by atoms with Crippen LogP contribution >= 0.6 is 11.6 Å². The van der Waals surface area contributed by atoms with Crippen LogP contribution in [0.15, 0.2) is 18.2 Å². The quantitative estimate of drug-likeness (QED) is 0.891. The molecule has 2 fully saturated rings. The van der Waals surface area contributed by atoms with E-state index in [-0.39, 0.29) is 5.54 Å². The second-order valence-corrected chi connectivity index (χ2v) is 8.05. The van der Waals surface area contributed by atoms with E-state index in [0.29, 0.717) is 0 Å². The molecule has 3 heterocycles. The topological polar surface area (TPSA) is 49.2 Å². The zero-order valence-electron chi connectivity index (χ0n) is 14.5. The first-order chi connectivity index (χ1) is 12.1. The van der Waals surface area contributed by atoms with Crippen LogP contribution < -0.4 is 10.2 Å². The first-order valence-electron chi connectivity index (χ1n) is 9.08. The van der Waals surface area contributed by atoms with Gasteiger partial charge in [-0.3, -0.25) is 9.47 Å². The molecule has 7 heteroatoms. The van der Waals surface area contributed by atoms with Gasteiger partial charge in [0, 0.05) is 43.3 Å². The number of rotatable bonds is 2. The van der Waals surface area contributed by atoms with Crippen LogP contribution in [0.5, 0.6) is 0 Å². The van der Waals surface area contributed by atoms with Crippen LogP contribution in [-0.2, 0) is 13.1 Å². The number of piperazine rings is 1. The molecule has 0 unspecified atom stereocenters. The third-order valence-corrected chi connectivity index (χ3v) is 6.06. The molecule has 1 aromatic carbocycles. The predicted octanol–water partition coefficient (Wildman–Crippen LogP) is 2.20. The molecular weight excluding hydrogens is 336 g/mol. The van der Waals surface area contributed by atoms with Crippen molar-refractivity contribution in [3.63, 3.8) is 0 Å². The molecule has 1 aromatic heterocycles. The van der Waals surface area contributed by atoms with Crippen LogP contribution in [-0.4, -0.2) is 51.4 Å². The third kappa shape index (κ3) is 2.63. The summed E-state index contributed by atoms with van der Waals surface area (Å²) in [5, 5.41) is 13.4. The van der Waals surface area contributed by atoms with Gasteiger partial charge in [-0.2, -0.15) is 0 Å². The normalized spacial score (nSPS) is 22.2. The SMILES string of the molecule is CC1(N2Cc3cc(Cl)ccc3-n3c(nnc3N3CCNCC3)C2)CC1. The van der Waals surface area contributed by atoms with Crippen molar-refractivity contribution in [3.8, 4) is 5.69 Å². The van der Waals surface area contributed by atoms with Crippen LogP contribution in [0, 0.1) is 0 Å². The van der Waals surface area contributed by atoms with Gasteiger partial charge in [-0.25, -0.2) is 0 Å². The number of halogens is 1. The summed E-state index contributed by atoms with van der Waals surface area (Å²) in [6.07, 6.45) is 2.50. The summed E-state index contributed by atoms with van der Waals surface area (Å²) in [7, 11) is 0. The van der Waals surface area contributed by atoms with Gasteiger partial charge in [0.1, 0.15) is 0 Å². The molecule has 1 saturated heterocycles. The van der Waals surface area contributed by atoms with E-state index in [1.54, 1.807) is 0 Å². The second-order valence-electron chi connectivity index (χ2n) is 7.61. The van der Waals surface area contributed by atoms with E-state index < -0.39 is 0 Å². The highest BCUT2D eigenvalue weighted by Crippen LogP contribution is 2.44. The molecule has 1 aliphatic carbocycles. The number of fused-ring (bicyclic) bond motifs is 3. The molecule has 132 valence electrons. The lowest BCUT2D eigenvalue weighted by Crippen LogP contribution is -2.44. The van der Waals surface area contributed by atoms with Gasteiger partial charge >= 0.3 is 0 Å². The van der Waals surface area contributed by atoms with E-state index in [2.05, 4.69) is 48.9 Å². The maximum atomic E-state index is 6.32. The maximum absolute atomic E-state index is 6.32. The lowest BCUT2D eigenvalue weighted by atomic mass is 10.1. The fraction of sp³-hybridized carbons (Fsp3) is 0.556. The zero-order valence-corrected chi connectivity index (χ0v) is 15.3. The summed E-state index contributed by atoms with van der Waals surface area (Å²) in [5.74, 6) is 1.99. The first kappa shape index (κ1) is 15.6. The highest BCUT2D eigenvalue weighted by Gasteiger charge is 2.44. The Kier molecular flexibility index (Phi) is 3.55. The first-order valence-corrected chi connectivity index (χ1v) is 9.46. The molecule has 5 rings (SSSR count). The Hall–Kier alpha value is -1.63. The molecule has 6 nitrogen and oxygen atoms in total. The second kappa shape index (κ2) is 5.69. The number of anilines is 1. The molecule has 0 bridgehead atoms. The number of hydrogen-bond acceptors (Lipinski definition) is 5. The van der Waals surface area contributed by atoms with Crippen molar-refractivity contribution in [2.24, 2.45) is 0 Å². The Morgan fingerprint density at radius 2 is 1.92 bits per heavy atom. The standard InChI is InChI=1S/C18H23ClN6/c1-18(4-5-18)24-11-13-10-14(19)2-3-15(13)25-16(12-24)21-22-17(25)23-8-6-20-7-9-23/h2-3,10,20H,4-9,11-12H2,1H3. The molecule has 0 radical (unpaired) electrons. The minimum Gasteiger partial charge on any atom is -0.338 e. The van der Waals surface area contributed by atoms with E-state index in [9.17, 15) is 0 Å². The molecule has 2 aliphatic heterocycles. The fourth-order valence-electron chi connectivity index (χ4n) is 3.94. The lowest BCUT2D eigenvalue weighted by molar-refractivity contribution is 0.170. The third-order valence-electron chi connectivity index (χ3n) is 5.83. The minimum absolute atomic E-state index is 0.288. The summed E-state index contributed by atoms with van der Waals surface area (Å²) in [5.41, 5.74) is 2.72. The van der Waals surface area contributed by atoms with Crippen LogP contribution in [0.25, 0.3) is 5.69 Å². The number of hydrogen-bond donors (Lipinski definition) is 1. The molecule has 0 spiro atoms. The largest absolute Gasteiger partial charge is 0.338 e. The smallest absolute Gasteiger partial charge is 0.232 e. The molecule has 3 aliphatic rings. The van der Waals surface area contributed by atoms with Gasteiger partial charge in [-0.1, -0.05) is 11.6 Å². The Balaban J connectivity index is 1.64. The van der Waals surface area contributed by atoms with Crippen molar-refractivity contribution in [1.29, 1.82) is 0 Å². The van der Waals surface area contributed by atoms with E-state index in [1.807, 2.05) is 6.07 Å². The monoisotopic (exact) mass is 358 g/mol. The minimum atomic E-state index is 0.288. The van der Waals surface area contributed by atoms with E-state index in [0.717, 1.165) is 56.1 Å². The molecule has 25 heavy (non-hydrogen) atoms. The molecule has 1 N–H and O–H groups in total. The maximum Gasteiger partial charge on any atom is 0.232 e. The lowest BCUT2D eigenvalue weighted by Gasteiger charge is -2.28. The molecular formula is C18H23ClN6.